The Hall–Kier alpha value is -1.02. The fraction of sp³-hybridized carbons (Fsp3) is 0.111. The number of benzene rings is 1. The van der Waals surface area contributed by atoms with Gasteiger partial charge in [0.05, 0.1) is 0 Å². The average molecular weight is 164 g/mol. The second kappa shape index (κ2) is 3.39. The number of hydrogen-bond donors (Lipinski definition) is 0. The minimum absolute atomic E-state index is 0.667. The maximum atomic E-state index is 10.5. The molecule has 0 atom stereocenters. The quantitative estimate of drug-likeness (QED) is 0.492. The first kappa shape index (κ1) is 8.08. The lowest BCUT2D eigenvalue weighted by Crippen LogP contribution is -1.92. The van der Waals surface area contributed by atoms with Crippen LogP contribution in [-0.2, 0) is 0 Å². The normalized spacial score (nSPS) is 9.18. The van der Waals surface area contributed by atoms with Gasteiger partial charge in [0.25, 0.3) is 0 Å². The number of carbonyl (C=O) groups excluding carboxylic acids is 1. The Labute approximate surface area is 71.0 Å². The lowest BCUT2D eigenvalue weighted by atomic mass is 10.0. The van der Waals surface area contributed by atoms with Crippen LogP contribution in [0.25, 0.3) is 0 Å². The van der Waals surface area contributed by atoms with E-state index in [1.54, 1.807) is 11.4 Å². The number of carbonyl (C=O) groups is 1. The van der Waals surface area contributed by atoms with E-state index in [2.05, 4.69) is 0 Å². The molecule has 0 spiro atoms. The van der Waals surface area contributed by atoms with Crippen LogP contribution in [0.1, 0.15) is 21.5 Å². The molecule has 1 aromatic carbocycles. The molecule has 0 saturated heterocycles. The molecule has 1 rings (SSSR count). The summed E-state index contributed by atoms with van der Waals surface area (Å²) in [5, 5.41) is 1.54. The van der Waals surface area contributed by atoms with E-state index in [-0.39, 0.29) is 0 Å². The van der Waals surface area contributed by atoms with E-state index in [1.807, 2.05) is 19.1 Å². The first-order chi connectivity index (χ1) is 5.29. The van der Waals surface area contributed by atoms with Crippen molar-refractivity contribution in [1.82, 2.24) is 0 Å². The molecule has 0 saturated carbocycles. The molecular formula is C9H8OS. The van der Waals surface area contributed by atoms with E-state index < -0.39 is 0 Å². The molecule has 0 unspecified atom stereocenters. The van der Waals surface area contributed by atoms with Crippen molar-refractivity contribution in [2.45, 2.75) is 6.92 Å². The van der Waals surface area contributed by atoms with E-state index in [0.29, 0.717) is 5.56 Å². The second-order valence-electron chi connectivity index (χ2n) is 2.31. The molecule has 2 heteroatoms. The highest BCUT2D eigenvalue weighted by Gasteiger charge is 1.99. The summed E-state index contributed by atoms with van der Waals surface area (Å²) in [6.45, 7) is 1.94. The Morgan fingerprint density at radius 3 is 2.64 bits per heavy atom. The Morgan fingerprint density at radius 2 is 2.18 bits per heavy atom. The van der Waals surface area contributed by atoms with Gasteiger partial charge in [-0.2, -0.15) is 0 Å². The minimum Gasteiger partial charge on any atom is -0.298 e. The van der Waals surface area contributed by atoms with Gasteiger partial charge < -0.3 is 0 Å². The number of rotatable bonds is 2. The molecule has 11 heavy (non-hydrogen) atoms. The van der Waals surface area contributed by atoms with Crippen LogP contribution in [-0.4, -0.2) is 11.7 Å². The highest BCUT2D eigenvalue weighted by atomic mass is 32.1. The van der Waals surface area contributed by atoms with Crippen molar-refractivity contribution in [3.05, 3.63) is 34.9 Å². The van der Waals surface area contributed by atoms with Crippen LogP contribution in [0.3, 0.4) is 0 Å². The molecule has 0 aliphatic rings. The summed E-state index contributed by atoms with van der Waals surface area (Å²) >= 11 is 4.78. The zero-order valence-electron chi connectivity index (χ0n) is 6.20. The molecule has 0 aliphatic heterocycles. The first-order valence-electron chi connectivity index (χ1n) is 3.29. The van der Waals surface area contributed by atoms with Gasteiger partial charge in [0.2, 0.25) is 0 Å². The third-order valence-electron chi connectivity index (χ3n) is 1.60. The fourth-order valence-electron chi connectivity index (χ4n) is 0.967. The summed E-state index contributed by atoms with van der Waals surface area (Å²) in [5.74, 6) is 0. The van der Waals surface area contributed by atoms with Crippen molar-refractivity contribution in [3.63, 3.8) is 0 Å². The highest BCUT2D eigenvalue weighted by Crippen LogP contribution is 2.09. The summed E-state index contributed by atoms with van der Waals surface area (Å²) in [4.78, 5) is 10.5. The molecule has 1 aromatic rings. The van der Waals surface area contributed by atoms with Crippen LogP contribution < -0.4 is 0 Å². The molecule has 0 radical (unpaired) electrons. The summed E-state index contributed by atoms with van der Waals surface area (Å²) < 4.78 is 0. The van der Waals surface area contributed by atoms with Crippen molar-refractivity contribution in [1.29, 1.82) is 0 Å². The van der Waals surface area contributed by atoms with Crippen LogP contribution in [0.4, 0.5) is 0 Å². The molecule has 1 nitrogen and oxygen atoms in total. The third-order valence-corrected chi connectivity index (χ3v) is 1.84. The monoisotopic (exact) mass is 164 g/mol. The van der Waals surface area contributed by atoms with Crippen LogP contribution >= 0.6 is 12.2 Å². The van der Waals surface area contributed by atoms with Crippen molar-refractivity contribution >= 4 is 23.9 Å². The number of aldehydes is 1. The molecule has 0 amide bonds. The summed E-state index contributed by atoms with van der Waals surface area (Å²) in [5.41, 5.74) is 2.57. The van der Waals surface area contributed by atoms with Crippen molar-refractivity contribution in [2.24, 2.45) is 0 Å². The maximum Gasteiger partial charge on any atom is 0.150 e. The lowest BCUT2D eigenvalue weighted by molar-refractivity contribution is 0.112. The largest absolute Gasteiger partial charge is 0.298 e. The van der Waals surface area contributed by atoms with Crippen molar-refractivity contribution < 1.29 is 4.79 Å². The predicted octanol–water partition coefficient (Wildman–Crippen LogP) is 2.16. The van der Waals surface area contributed by atoms with Gasteiger partial charge in [-0.25, -0.2) is 0 Å². The van der Waals surface area contributed by atoms with Gasteiger partial charge >= 0.3 is 0 Å². The topological polar surface area (TPSA) is 17.1 Å². The van der Waals surface area contributed by atoms with E-state index in [9.17, 15) is 4.79 Å². The van der Waals surface area contributed by atoms with Crippen LogP contribution in [0.5, 0.6) is 0 Å². The zero-order chi connectivity index (χ0) is 8.27. The average Bonchev–Trinajstić information content (AvgIpc) is 2.04. The molecule has 0 N–H and O–H groups in total. The van der Waals surface area contributed by atoms with Gasteiger partial charge in [-0.1, -0.05) is 30.4 Å². The summed E-state index contributed by atoms with van der Waals surface area (Å²) in [6, 6.07) is 5.55. The Bertz CT molecular complexity index is 292. The number of thiocarbonyl (C=S) groups is 1. The number of aryl methyl sites for hydroxylation is 1. The first-order valence-corrected chi connectivity index (χ1v) is 3.76. The molecule has 0 bridgehead atoms. The van der Waals surface area contributed by atoms with Gasteiger partial charge in [-0.05, 0) is 18.1 Å². The van der Waals surface area contributed by atoms with E-state index in [4.69, 9.17) is 12.2 Å². The zero-order valence-corrected chi connectivity index (χ0v) is 7.02. The lowest BCUT2D eigenvalue weighted by Gasteiger charge is -2.00. The van der Waals surface area contributed by atoms with Crippen LogP contribution in [0.15, 0.2) is 18.2 Å². The van der Waals surface area contributed by atoms with Crippen LogP contribution in [0, 0.1) is 6.92 Å². The minimum atomic E-state index is 0.667. The summed E-state index contributed by atoms with van der Waals surface area (Å²) in [7, 11) is 0. The standard InChI is InChI=1S/C9H8OS/c1-7-3-2-4-8(5-10)9(7)6-11/h2-6H,1H3. The van der Waals surface area contributed by atoms with Gasteiger partial charge in [-0.3, -0.25) is 4.79 Å². The molecular weight excluding hydrogens is 156 g/mol. The SMILES string of the molecule is Cc1cccc(C=O)c1C=S. The Morgan fingerprint density at radius 1 is 1.45 bits per heavy atom. The Balaban J connectivity index is 3.35. The van der Waals surface area contributed by atoms with E-state index in [0.717, 1.165) is 17.4 Å². The second-order valence-corrected chi connectivity index (χ2v) is 2.55. The Kier molecular flexibility index (Phi) is 2.49. The summed E-state index contributed by atoms with van der Waals surface area (Å²) in [6.07, 6.45) is 0.825. The van der Waals surface area contributed by atoms with Crippen molar-refractivity contribution in [2.75, 3.05) is 0 Å². The molecule has 0 fully saturated rings. The van der Waals surface area contributed by atoms with Gasteiger partial charge in [-0.15, -0.1) is 0 Å². The van der Waals surface area contributed by atoms with E-state index >= 15 is 0 Å². The van der Waals surface area contributed by atoms with Gasteiger partial charge in [0.15, 0.2) is 6.29 Å². The highest BCUT2D eigenvalue weighted by molar-refractivity contribution is 7.79. The van der Waals surface area contributed by atoms with E-state index in [1.165, 1.54) is 0 Å². The maximum absolute atomic E-state index is 10.5. The molecule has 56 valence electrons. The molecule has 0 heterocycles. The fourth-order valence-corrected chi connectivity index (χ4v) is 1.29. The molecule has 0 aromatic heterocycles. The number of hydrogen-bond acceptors (Lipinski definition) is 2. The van der Waals surface area contributed by atoms with Gasteiger partial charge in [0, 0.05) is 10.9 Å². The van der Waals surface area contributed by atoms with Gasteiger partial charge in [0.1, 0.15) is 0 Å². The third kappa shape index (κ3) is 1.52. The smallest absolute Gasteiger partial charge is 0.150 e. The van der Waals surface area contributed by atoms with Crippen molar-refractivity contribution in [3.8, 4) is 0 Å². The predicted molar refractivity (Wildman–Crippen MR) is 49.3 cm³/mol. The van der Waals surface area contributed by atoms with Crippen LogP contribution in [0.2, 0.25) is 0 Å². The molecule has 0 aliphatic carbocycles.